The molecule has 0 radical (unpaired) electrons. The van der Waals surface area contributed by atoms with Gasteiger partial charge in [0.25, 0.3) is 0 Å². The van der Waals surface area contributed by atoms with Gasteiger partial charge in [-0.15, -0.1) is 0 Å². The predicted octanol–water partition coefficient (Wildman–Crippen LogP) is 3.88. The van der Waals surface area contributed by atoms with Crippen molar-refractivity contribution in [3.8, 4) is 5.75 Å². The SMILES string of the molecule is COc1ccc(N(C)C(=O)C(Cc2ccccc2)NC(=O)CN2CCN(C(=O)OC(C)(C)C)C(=O)C2C(C)(C)C)cc1. The van der Waals surface area contributed by atoms with E-state index < -0.39 is 35.1 Å². The van der Waals surface area contributed by atoms with Gasteiger partial charge in [0.1, 0.15) is 17.4 Å². The van der Waals surface area contributed by atoms with Gasteiger partial charge in [-0.25, -0.2) is 9.69 Å². The number of imide groups is 1. The lowest BCUT2D eigenvalue weighted by atomic mass is 9.83. The molecule has 2 unspecified atom stereocenters. The molecule has 0 bridgehead atoms. The van der Waals surface area contributed by atoms with Gasteiger partial charge in [-0.2, -0.15) is 0 Å². The number of carbonyl (C=O) groups is 4. The largest absolute Gasteiger partial charge is 0.497 e. The summed E-state index contributed by atoms with van der Waals surface area (Å²) < 4.78 is 10.7. The van der Waals surface area contributed by atoms with Crippen LogP contribution in [0.2, 0.25) is 0 Å². The molecule has 2 atom stereocenters. The van der Waals surface area contributed by atoms with E-state index in [-0.39, 0.29) is 24.9 Å². The predicted molar refractivity (Wildman–Crippen MR) is 161 cm³/mol. The van der Waals surface area contributed by atoms with E-state index in [1.54, 1.807) is 64.1 Å². The summed E-state index contributed by atoms with van der Waals surface area (Å²) in [6.45, 7) is 11.2. The van der Waals surface area contributed by atoms with E-state index in [2.05, 4.69) is 5.32 Å². The Kier molecular flexibility index (Phi) is 10.4. The second-order valence-electron chi connectivity index (χ2n) is 12.6. The van der Waals surface area contributed by atoms with Crippen LogP contribution in [0.4, 0.5) is 10.5 Å². The molecule has 42 heavy (non-hydrogen) atoms. The summed E-state index contributed by atoms with van der Waals surface area (Å²) in [4.78, 5) is 57.9. The number of likely N-dealkylation sites (N-methyl/N-ethyl adjacent to an activating group) is 1. The van der Waals surface area contributed by atoms with Crippen molar-refractivity contribution in [2.24, 2.45) is 5.41 Å². The topological polar surface area (TPSA) is 108 Å². The molecule has 0 aromatic heterocycles. The number of rotatable bonds is 8. The highest BCUT2D eigenvalue weighted by Crippen LogP contribution is 2.29. The standard InChI is InChI=1S/C32H44N4O6/c1-31(2,3)27-29(39)36(30(40)42-32(4,5)6)19-18-35(27)21-26(37)33-25(20-22-12-10-9-11-13-22)28(38)34(7)23-14-16-24(41-8)17-15-23/h9-17,25,27H,18-21H2,1-8H3,(H,33,37). The molecule has 1 aliphatic heterocycles. The number of carbonyl (C=O) groups excluding carboxylic acids is 4. The molecule has 3 rings (SSSR count). The van der Waals surface area contributed by atoms with Gasteiger partial charge < -0.3 is 19.7 Å². The number of anilines is 1. The Morgan fingerprint density at radius 2 is 1.60 bits per heavy atom. The van der Waals surface area contributed by atoms with Crippen LogP contribution in [-0.4, -0.2) is 85.1 Å². The van der Waals surface area contributed by atoms with Gasteiger partial charge in [0.15, 0.2) is 0 Å². The number of amides is 4. The molecule has 0 aliphatic carbocycles. The summed E-state index contributed by atoms with van der Waals surface area (Å²) >= 11 is 0. The van der Waals surface area contributed by atoms with Gasteiger partial charge in [0, 0.05) is 32.2 Å². The maximum absolute atomic E-state index is 13.7. The number of ether oxygens (including phenoxy) is 2. The second kappa shape index (κ2) is 13.4. The van der Waals surface area contributed by atoms with Crippen LogP contribution >= 0.6 is 0 Å². The molecule has 2 aromatic rings. The van der Waals surface area contributed by atoms with Gasteiger partial charge in [0.05, 0.1) is 19.7 Å². The molecule has 1 heterocycles. The maximum atomic E-state index is 13.7. The number of nitrogens with one attached hydrogen (secondary N) is 1. The average Bonchev–Trinajstić information content (AvgIpc) is 2.90. The van der Waals surface area contributed by atoms with Crippen LogP contribution in [0.3, 0.4) is 0 Å². The Hall–Kier alpha value is -3.92. The fourth-order valence-electron chi connectivity index (χ4n) is 5.00. The van der Waals surface area contributed by atoms with Crippen molar-refractivity contribution in [2.45, 2.75) is 65.6 Å². The van der Waals surface area contributed by atoms with Crippen molar-refractivity contribution in [1.29, 1.82) is 0 Å². The molecule has 4 amide bonds. The molecule has 1 aliphatic rings. The van der Waals surface area contributed by atoms with Gasteiger partial charge in [-0.3, -0.25) is 19.3 Å². The minimum atomic E-state index is -0.848. The number of benzene rings is 2. The van der Waals surface area contributed by atoms with Gasteiger partial charge in [0.2, 0.25) is 17.7 Å². The molecule has 10 heteroatoms. The fraction of sp³-hybridized carbons (Fsp3) is 0.500. The summed E-state index contributed by atoms with van der Waals surface area (Å²) in [6.07, 6.45) is -0.402. The first kappa shape index (κ1) is 32.6. The number of nitrogens with zero attached hydrogens (tertiary/aromatic N) is 3. The summed E-state index contributed by atoms with van der Waals surface area (Å²) in [7, 11) is 3.24. The zero-order valence-corrected chi connectivity index (χ0v) is 26.0. The third-order valence-corrected chi connectivity index (χ3v) is 6.96. The van der Waals surface area contributed by atoms with Crippen LogP contribution < -0.4 is 15.0 Å². The smallest absolute Gasteiger partial charge is 0.417 e. The normalized spacial score (nSPS) is 16.9. The van der Waals surface area contributed by atoms with E-state index in [9.17, 15) is 19.2 Å². The van der Waals surface area contributed by atoms with E-state index >= 15 is 0 Å². The lowest BCUT2D eigenvalue weighted by Gasteiger charge is -2.45. The molecule has 10 nitrogen and oxygen atoms in total. The molecule has 1 saturated heterocycles. The summed E-state index contributed by atoms with van der Waals surface area (Å²) in [5, 5.41) is 2.92. The third kappa shape index (κ3) is 8.55. The highest BCUT2D eigenvalue weighted by Gasteiger charge is 2.45. The van der Waals surface area contributed by atoms with E-state index in [4.69, 9.17) is 9.47 Å². The molecular weight excluding hydrogens is 536 g/mol. The minimum Gasteiger partial charge on any atom is -0.497 e. The van der Waals surface area contributed by atoms with E-state index in [1.807, 2.05) is 51.1 Å². The molecule has 1 fully saturated rings. The van der Waals surface area contributed by atoms with Crippen molar-refractivity contribution in [3.63, 3.8) is 0 Å². The highest BCUT2D eigenvalue weighted by molar-refractivity contribution is 5.99. The minimum absolute atomic E-state index is 0.0974. The zero-order chi connectivity index (χ0) is 31.2. The molecular formula is C32H44N4O6. The monoisotopic (exact) mass is 580 g/mol. The maximum Gasteiger partial charge on any atom is 0.417 e. The van der Waals surface area contributed by atoms with Crippen molar-refractivity contribution in [2.75, 3.05) is 38.7 Å². The Labute approximate surface area is 248 Å². The Bertz CT molecular complexity index is 1250. The molecule has 2 aromatic carbocycles. The van der Waals surface area contributed by atoms with Crippen LogP contribution in [0.15, 0.2) is 54.6 Å². The zero-order valence-electron chi connectivity index (χ0n) is 26.0. The molecule has 1 N–H and O–H groups in total. The molecule has 0 saturated carbocycles. The lowest BCUT2D eigenvalue weighted by Crippen LogP contribution is -2.64. The van der Waals surface area contributed by atoms with Gasteiger partial charge in [-0.1, -0.05) is 51.1 Å². The second-order valence-corrected chi connectivity index (χ2v) is 12.6. The average molecular weight is 581 g/mol. The number of methoxy groups -OCH3 is 1. The third-order valence-electron chi connectivity index (χ3n) is 6.96. The van der Waals surface area contributed by atoms with Crippen molar-refractivity contribution in [3.05, 3.63) is 60.2 Å². The van der Waals surface area contributed by atoms with Crippen LogP contribution in [-0.2, 0) is 25.5 Å². The number of hydrogen-bond acceptors (Lipinski definition) is 7. The van der Waals surface area contributed by atoms with E-state index in [0.29, 0.717) is 24.4 Å². The number of hydrogen-bond donors (Lipinski definition) is 1. The van der Waals surface area contributed by atoms with Gasteiger partial charge in [-0.05, 0) is 56.0 Å². The highest BCUT2D eigenvalue weighted by atomic mass is 16.6. The molecule has 228 valence electrons. The van der Waals surface area contributed by atoms with Gasteiger partial charge >= 0.3 is 6.09 Å². The summed E-state index contributed by atoms with van der Waals surface area (Å²) in [6, 6.07) is 15.0. The quantitative estimate of drug-likeness (QED) is 0.505. The van der Waals surface area contributed by atoms with E-state index in [0.717, 1.165) is 10.5 Å². The van der Waals surface area contributed by atoms with Crippen LogP contribution in [0, 0.1) is 5.41 Å². The van der Waals surface area contributed by atoms with Crippen molar-refractivity contribution < 1.29 is 28.7 Å². The van der Waals surface area contributed by atoms with E-state index in [1.165, 1.54) is 4.90 Å². The number of piperazine rings is 1. The Balaban J connectivity index is 1.79. The fourth-order valence-corrected chi connectivity index (χ4v) is 5.00. The summed E-state index contributed by atoms with van der Waals surface area (Å²) in [5.41, 5.74) is 0.231. The first-order valence-corrected chi connectivity index (χ1v) is 14.1. The molecule has 0 spiro atoms. The summed E-state index contributed by atoms with van der Waals surface area (Å²) in [5.74, 6) is -0.411. The van der Waals surface area contributed by atoms with Crippen LogP contribution in [0.25, 0.3) is 0 Å². The van der Waals surface area contributed by atoms with Crippen LogP contribution in [0.5, 0.6) is 5.75 Å². The lowest BCUT2D eigenvalue weighted by molar-refractivity contribution is -0.147. The van der Waals surface area contributed by atoms with Crippen molar-refractivity contribution in [1.82, 2.24) is 15.1 Å². The Morgan fingerprint density at radius 3 is 2.14 bits per heavy atom. The first-order valence-electron chi connectivity index (χ1n) is 14.1. The first-order chi connectivity index (χ1) is 19.6. The Morgan fingerprint density at radius 1 is 0.976 bits per heavy atom. The van der Waals surface area contributed by atoms with Crippen LogP contribution in [0.1, 0.15) is 47.1 Å². The van der Waals surface area contributed by atoms with Crippen molar-refractivity contribution >= 4 is 29.5 Å².